The van der Waals surface area contributed by atoms with Crippen LogP contribution in [-0.2, 0) is 0 Å². The molecular weight excluding hydrogens is 314 g/mol. The minimum atomic E-state index is -0.0937. The minimum Gasteiger partial charge on any atom is -0.327 e. The van der Waals surface area contributed by atoms with Gasteiger partial charge in [-0.3, -0.25) is 4.79 Å². The van der Waals surface area contributed by atoms with Crippen molar-refractivity contribution in [2.24, 2.45) is 0 Å². The van der Waals surface area contributed by atoms with E-state index in [0.29, 0.717) is 23.0 Å². The van der Waals surface area contributed by atoms with Gasteiger partial charge in [0, 0.05) is 19.8 Å². The van der Waals surface area contributed by atoms with Crippen LogP contribution < -0.4 is 15.1 Å². The molecule has 2 heterocycles. The first-order chi connectivity index (χ1) is 12.1. The summed E-state index contributed by atoms with van der Waals surface area (Å²) >= 11 is 0. The zero-order valence-corrected chi connectivity index (χ0v) is 14.2. The van der Waals surface area contributed by atoms with Gasteiger partial charge in [-0.05, 0) is 24.3 Å². The number of nitrogens with zero attached hydrogens (tertiary/aromatic N) is 4. The molecule has 1 N–H and O–H groups in total. The third kappa shape index (κ3) is 2.89. The largest absolute Gasteiger partial charge is 0.327 e. The predicted octanol–water partition coefficient (Wildman–Crippen LogP) is 3.50. The summed E-state index contributed by atoms with van der Waals surface area (Å²) in [5.41, 5.74) is 2.80. The lowest BCUT2D eigenvalue weighted by Gasteiger charge is -2.21. The number of amides is 1. The second-order valence-electron chi connectivity index (χ2n) is 5.53. The highest BCUT2D eigenvalue weighted by Gasteiger charge is 2.28. The van der Waals surface area contributed by atoms with Crippen LogP contribution >= 0.6 is 0 Å². The number of hydrogen-bond donors (Lipinski definition) is 1. The van der Waals surface area contributed by atoms with Crippen molar-refractivity contribution in [1.29, 1.82) is 0 Å². The number of aromatic nitrogens is 2. The molecule has 1 amide bonds. The molecule has 0 fully saturated rings. The molecular formula is C19H19N5O. The quantitative estimate of drug-likeness (QED) is 0.868. The van der Waals surface area contributed by atoms with Gasteiger partial charge in [0.25, 0.3) is 5.91 Å². The topological polar surface area (TPSA) is 61.4 Å². The van der Waals surface area contributed by atoms with Gasteiger partial charge in [-0.1, -0.05) is 31.4 Å². The van der Waals surface area contributed by atoms with E-state index in [0.717, 1.165) is 11.4 Å². The van der Waals surface area contributed by atoms with E-state index in [1.807, 2.05) is 36.2 Å². The first-order valence-corrected chi connectivity index (χ1v) is 7.77. The fourth-order valence-corrected chi connectivity index (χ4v) is 2.68. The lowest BCUT2D eigenvalue weighted by atomic mass is 10.1. The van der Waals surface area contributed by atoms with Crippen LogP contribution in [0.5, 0.6) is 0 Å². The van der Waals surface area contributed by atoms with Crippen molar-refractivity contribution in [3.8, 4) is 0 Å². The van der Waals surface area contributed by atoms with E-state index in [-0.39, 0.29) is 5.91 Å². The summed E-state index contributed by atoms with van der Waals surface area (Å²) in [6.45, 7) is 7.42. The van der Waals surface area contributed by atoms with Gasteiger partial charge in [0.05, 0.1) is 17.4 Å². The molecule has 1 aromatic carbocycles. The van der Waals surface area contributed by atoms with Crippen molar-refractivity contribution < 1.29 is 4.79 Å². The normalized spacial score (nSPS) is 13.7. The molecule has 0 bridgehead atoms. The molecule has 0 unspecified atom stereocenters. The summed E-state index contributed by atoms with van der Waals surface area (Å²) < 4.78 is 0. The molecule has 126 valence electrons. The second-order valence-corrected chi connectivity index (χ2v) is 5.53. The number of nitrogens with one attached hydrogen (secondary N) is 1. The van der Waals surface area contributed by atoms with Crippen LogP contribution in [0.3, 0.4) is 0 Å². The van der Waals surface area contributed by atoms with Crippen LogP contribution in [0.25, 0.3) is 0 Å². The molecule has 25 heavy (non-hydrogen) atoms. The molecule has 1 aliphatic rings. The molecule has 0 radical (unpaired) electrons. The van der Waals surface area contributed by atoms with Gasteiger partial charge < -0.3 is 15.1 Å². The molecule has 0 saturated heterocycles. The maximum absolute atomic E-state index is 12.7. The molecule has 6 heteroatoms. The molecule has 2 aromatic rings. The Morgan fingerprint density at radius 2 is 1.92 bits per heavy atom. The van der Waals surface area contributed by atoms with Gasteiger partial charge in [0.15, 0.2) is 5.82 Å². The number of carbonyl (C=O) groups excluding carboxylic acids is 1. The molecule has 0 aliphatic carbocycles. The zero-order chi connectivity index (χ0) is 18.0. The van der Waals surface area contributed by atoms with Crippen LogP contribution in [0.2, 0.25) is 0 Å². The summed E-state index contributed by atoms with van der Waals surface area (Å²) in [6.07, 6.45) is 6.73. The fraction of sp³-hybridized carbons (Fsp3) is 0.105. The number of anilines is 4. The van der Waals surface area contributed by atoms with Gasteiger partial charge in [0.1, 0.15) is 5.69 Å². The molecule has 0 spiro atoms. The van der Waals surface area contributed by atoms with Gasteiger partial charge >= 0.3 is 0 Å². The van der Waals surface area contributed by atoms with Crippen molar-refractivity contribution in [2.45, 2.75) is 0 Å². The lowest BCUT2D eigenvalue weighted by Crippen LogP contribution is -2.25. The number of para-hydroxylation sites is 1. The molecule has 1 aromatic heterocycles. The summed E-state index contributed by atoms with van der Waals surface area (Å²) in [6, 6.07) is 7.46. The van der Waals surface area contributed by atoms with Crippen molar-refractivity contribution in [2.75, 3.05) is 29.2 Å². The van der Waals surface area contributed by atoms with Crippen molar-refractivity contribution in [3.63, 3.8) is 0 Å². The SMILES string of the molecule is C=C/C=C(\C=C)Nc1ncc2c(n1)N(C)c1ccccc1C(=O)N2C. The first-order valence-electron chi connectivity index (χ1n) is 7.77. The van der Waals surface area contributed by atoms with Crippen molar-refractivity contribution in [1.82, 2.24) is 9.97 Å². The number of hydrogen-bond acceptors (Lipinski definition) is 5. The van der Waals surface area contributed by atoms with E-state index >= 15 is 0 Å². The fourth-order valence-electron chi connectivity index (χ4n) is 2.68. The van der Waals surface area contributed by atoms with Crippen molar-refractivity contribution >= 4 is 29.0 Å². The maximum atomic E-state index is 12.7. The van der Waals surface area contributed by atoms with Crippen LogP contribution in [0.1, 0.15) is 10.4 Å². The Bertz CT molecular complexity index is 887. The van der Waals surface area contributed by atoms with Crippen LogP contribution in [-0.4, -0.2) is 30.0 Å². The third-order valence-corrected chi connectivity index (χ3v) is 4.00. The summed E-state index contributed by atoms with van der Waals surface area (Å²) in [5.74, 6) is 0.961. The monoisotopic (exact) mass is 333 g/mol. The van der Waals surface area contributed by atoms with Gasteiger partial charge in [-0.25, -0.2) is 4.98 Å². The van der Waals surface area contributed by atoms with Gasteiger partial charge in [-0.15, -0.1) is 0 Å². The molecule has 3 rings (SSSR count). The summed E-state index contributed by atoms with van der Waals surface area (Å²) in [4.78, 5) is 25.1. The molecule has 1 aliphatic heterocycles. The second kappa shape index (κ2) is 6.60. The van der Waals surface area contributed by atoms with E-state index in [1.54, 1.807) is 36.4 Å². The zero-order valence-electron chi connectivity index (χ0n) is 14.2. The number of rotatable bonds is 4. The number of fused-ring (bicyclic) bond motifs is 2. The third-order valence-electron chi connectivity index (χ3n) is 4.00. The Morgan fingerprint density at radius 1 is 1.16 bits per heavy atom. The highest BCUT2D eigenvalue weighted by atomic mass is 16.2. The first kappa shape index (κ1) is 16.4. The summed E-state index contributed by atoms with van der Waals surface area (Å²) in [5, 5.41) is 3.09. The molecule has 0 saturated carbocycles. The van der Waals surface area contributed by atoms with E-state index in [2.05, 4.69) is 28.4 Å². The smallest absolute Gasteiger partial charge is 0.260 e. The maximum Gasteiger partial charge on any atom is 0.260 e. The van der Waals surface area contributed by atoms with E-state index in [1.165, 1.54) is 0 Å². The number of carbonyl (C=O) groups is 1. The van der Waals surface area contributed by atoms with E-state index in [9.17, 15) is 4.79 Å². The Labute approximate surface area is 146 Å². The average molecular weight is 333 g/mol. The molecule has 6 nitrogen and oxygen atoms in total. The molecule has 0 atom stereocenters. The van der Waals surface area contributed by atoms with Crippen LogP contribution in [0, 0.1) is 0 Å². The average Bonchev–Trinajstić information content (AvgIpc) is 2.72. The Hall–Kier alpha value is -3.41. The number of allylic oxidation sites excluding steroid dienone is 3. The lowest BCUT2D eigenvalue weighted by molar-refractivity contribution is 0.0994. The highest BCUT2D eigenvalue weighted by molar-refractivity contribution is 6.13. The van der Waals surface area contributed by atoms with E-state index < -0.39 is 0 Å². The number of benzene rings is 1. The Balaban J connectivity index is 2.10. The predicted molar refractivity (Wildman–Crippen MR) is 101 cm³/mol. The summed E-state index contributed by atoms with van der Waals surface area (Å²) in [7, 11) is 3.61. The van der Waals surface area contributed by atoms with Crippen molar-refractivity contribution in [3.05, 3.63) is 73.1 Å². The highest BCUT2D eigenvalue weighted by Crippen LogP contribution is 2.37. The minimum absolute atomic E-state index is 0.0937. The standard InChI is InChI=1S/C19H19N5O/c1-5-9-13(6-2)21-19-20-12-16-17(22-19)23(3)15-11-8-7-10-14(15)18(25)24(16)4/h5-12H,1-2H2,3-4H3,(H,20,21,22)/b13-9+. The van der Waals surface area contributed by atoms with Crippen LogP contribution in [0.4, 0.5) is 23.1 Å². The van der Waals surface area contributed by atoms with Crippen LogP contribution in [0.15, 0.2) is 67.5 Å². The van der Waals surface area contributed by atoms with Gasteiger partial charge in [-0.2, -0.15) is 4.98 Å². The Morgan fingerprint density at radius 3 is 2.64 bits per heavy atom. The van der Waals surface area contributed by atoms with E-state index in [4.69, 9.17) is 0 Å². The Kier molecular flexibility index (Phi) is 4.35. The van der Waals surface area contributed by atoms with Gasteiger partial charge in [0.2, 0.25) is 5.95 Å².